The summed E-state index contributed by atoms with van der Waals surface area (Å²) in [4.78, 5) is 30.8. The maximum Gasteiger partial charge on any atom is 0.234 e. The van der Waals surface area contributed by atoms with E-state index in [-0.39, 0.29) is 17.5 Å². The van der Waals surface area contributed by atoms with Crippen molar-refractivity contribution in [1.82, 2.24) is 15.0 Å². The molecule has 0 unspecified atom stereocenters. The quantitative estimate of drug-likeness (QED) is 0.700. The molecule has 1 aromatic heterocycles. The first-order chi connectivity index (χ1) is 14.7. The molecule has 0 aliphatic carbocycles. The van der Waals surface area contributed by atoms with E-state index in [1.165, 1.54) is 36.7 Å². The summed E-state index contributed by atoms with van der Waals surface area (Å²) in [5, 5.41) is 3.35. The zero-order chi connectivity index (χ0) is 20.8. The number of carbonyl (C=O) groups is 1. The van der Waals surface area contributed by atoms with Gasteiger partial charge in [-0.3, -0.25) is 4.79 Å². The molecule has 1 amide bonds. The molecule has 0 radical (unpaired) electrons. The Morgan fingerprint density at radius 1 is 0.867 bits per heavy atom. The molecule has 0 bridgehead atoms. The van der Waals surface area contributed by atoms with Crippen molar-refractivity contribution in [2.24, 2.45) is 0 Å². The summed E-state index contributed by atoms with van der Waals surface area (Å²) in [7, 11) is 0. The molecule has 0 spiro atoms. The van der Waals surface area contributed by atoms with Crippen molar-refractivity contribution in [3.05, 3.63) is 30.1 Å². The van der Waals surface area contributed by atoms with Crippen LogP contribution in [0.1, 0.15) is 38.5 Å². The van der Waals surface area contributed by atoms with Crippen LogP contribution in [0.15, 0.2) is 29.4 Å². The number of nitrogens with zero attached hydrogens (tertiary/aromatic N) is 5. The minimum atomic E-state index is -0.331. The molecule has 4 rings (SSSR count). The maximum absolute atomic E-state index is 13.0. The van der Waals surface area contributed by atoms with E-state index in [1.807, 2.05) is 0 Å². The van der Waals surface area contributed by atoms with Crippen LogP contribution >= 0.6 is 11.8 Å². The van der Waals surface area contributed by atoms with Crippen LogP contribution in [-0.4, -0.2) is 52.8 Å². The van der Waals surface area contributed by atoms with E-state index in [9.17, 15) is 9.18 Å². The molecule has 30 heavy (non-hydrogen) atoms. The SMILES string of the molecule is O=C(CSc1nc(N2CCCCC2)nc(N2CCCCC2)n1)Nc1ccc(F)cc1. The average Bonchev–Trinajstić information content (AvgIpc) is 2.80. The second-order valence-electron chi connectivity index (χ2n) is 7.66. The zero-order valence-corrected chi connectivity index (χ0v) is 17.8. The summed E-state index contributed by atoms with van der Waals surface area (Å²) in [6.45, 7) is 3.83. The number of benzene rings is 1. The first-order valence-electron chi connectivity index (χ1n) is 10.6. The molecule has 2 aliphatic rings. The third kappa shape index (κ3) is 5.59. The van der Waals surface area contributed by atoms with E-state index < -0.39 is 0 Å². The highest BCUT2D eigenvalue weighted by atomic mass is 32.2. The lowest BCUT2D eigenvalue weighted by atomic mass is 10.1. The Morgan fingerprint density at radius 3 is 1.93 bits per heavy atom. The van der Waals surface area contributed by atoms with Gasteiger partial charge in [-0.2, -0.15) is 15.0 Å². The van der Waals surface area contributed by atoms with Crippen molar-refractivity contribution in [3.8, 4) is 0 Å². The first-order valence-corrected chi connectivity index (χ1v) is 11.6. The lowest BCUT2D eigenvalue weighted by Gasteiger charge is -2.30. The summed E-state index contributed by atoms with van der Waals surface area (Å²) >= 11 is 1.31. The summed E-state index contributed by atoms with van der Waals surface area (Å²) < 4.78 is 13.0. The van der Waals surface area contributed by atoms with Gasteiger partial charge in [-0.15, -0.1) is 0 Å². The fraction of sp³-hybridized carbons (Fsp3) is 0.524. The summed E-state index contributed by atoms with van der Waals surface area (Å²) in [6, 6.07) is 5.74. The van der Waals surface area contributed by atoms with E-state index in [0.29, 0.717) is 22.7 Å². The number of thioether (sulfide) groups is 1. The first kappa shape index (κ1) is 20.8. The van der Waals surface area contributed by atoms with Gasteiger partial charge in [0.05, 0.1) is 5.75 Å². The lowest BCUT2D eigenvalue weighted by molar-refractivity contribution is -0.113. The third-order valence-electron chi connectivity index (χ3n) is 5.33. The Hall–Kier alpha value is -2.42. The van der Waals surface area contributed by atoms with Crippen LogP contribution in [0.2, 0.25) is 0 Å². The Morgan fingerprint density at radius 2 is 1.40 bits per heavy atom. The number of amides is 1. The topological polar surface area (TPSA) is 74.2 Å². The molecule has 2 saturated heterocycles. The highest BCUT2D eigenvalue weighted by Crippen LogP contribution is 2.24. The number of carbonyl (C=O) groups excluding carboxylic acids is 1. The van der Waals surface area contributed by atoms with Crippen LogP contribution in [-0.2, 0) is 4.79 Å². The lowest BCUT2D eigenvalue weighted by Crippen LogP contribution is -2.34. The van der Waals surface area contributed by atoms with Gasteiger partial charge in [-0.05, 0) is 62.8 Å². The minimum Gasteiger partial charge on any atom is -0.341 e. The van der Waals surface area contributed by atoms with Crippen molar-refractivity contribution in [2.45, 2.75) is 43.7 Å². The second-order valence-corrected chi connectivity index (χ2v) is 8.60. The predicted octanol–water partition coefficient (Wildman–Crippen LogP) is 3.72. The van der Waals surface area contributed by atoms with E-state index >= 15 is 0 Å². The van der Waals surface area contributed by atoms with Gasteiger partial charge in [0, 0.05) is 31.9 Å². The number of halogens is 1. The Bertz CT molecular complexity index is 817. The van der Waals surface area contributed by atoms with Gasteiger partial charge < -0.3 is 15.1 Å². The van der Waals surface area contributed by atoms with Crippen molar-refractivity contribution < 1.29 is 9.18 Å². The number of nitrogens with one attached hydrogen (secondary N) is 1. The van der Waals surface area contributed by atoms with E-state index in [2.05, 4.69) is 25.1 Å². The maximum atomic E-state index is 13.0. The number of piperidine rings is 2. The minimum absolute atomic E-state index is 0.175. The van der Waals surface area contributed by atoms with Crippen LogP contribution in [0, 0.1) is 5.82 Å². The smallest absolute Gasteiger partial charge is 0.234 e. The van der Waals surface area contributed by atoms with Crippen LogP contribution in [0.3, 0.4) is 0 Å². The molecule has 3 heterocycles. The van der Waals surface area contributed by atoms with Crippen molar-refractivity contribution >= 4 is 35.3 Å². The Kier molecular flexibility index (Phi) is 6.99. The summed E-state index contributed by atoms with van der Waals surface area (Å²) in [6.07, 6.45) is 7.07. The van der Waals surface area contributed by atoms with Gasteiger partial charge in [0.15, 0.2) is 5.16 Å². The van der Waals surface area contributed by atoms with Crippen molar-refractivity contribution in [3.63, 3.8) is 0 Å². The molecule has 1 aromatic carbocycles. The predicted molar refractivity (Wildman–Crippen MR) is 118 cm³/mol. The van der Waals surface area contributed by atoms with Gasteiger partial charge >= 0.3 is 0 Å². The molecule has 160 valence electrons. The molecular formula is C21H27FN6OS. The Labute approximate surface area is 180 Å². The van der Waals surface area contributed by atoms with Crippen LogP contribution < -0.4 is 15.1 Å². The van der Waals surface area contributed by atoms with Crippen molar-refractivity contribution in [1.29, 1.82) is 0 Å². The molecule has 2 fully saturated rings. The largest absolute Gasteiger partial charge is 0.341 e. The number of anilines is 3. The third-order valence-corrected chi connectivity index (χ3v) is 6.18. The molecular weight excluding hydrogens is 403 g/mol. The standard InChI is InChI=1S/C21H27FN6OS/c22-16-7-9-17(10-8-16)23-18(29)15-30-21-25-19(27-11-3-1-4-12-27)24-20(26-21)28-13-5-2-6-14-28/h7-10H,1-6,11-15H2,(H,23,29). The fourth-order valence-electron chi connectivity index (χ4n) is 3.73. The summed E-state index contributed by atoms with van der Waals surface area (Å²) in [5.41, 5.74) is 0.570. The van der Waals surface area contributed by atoms with Crippen LogP contribution in [0.5, 0.6) is 0 Å². The van der Waals surface area contributed by atoms with Crippen molar-refractivity contribution in [2.75, 3.05) is 47.0 Å². The number of hydrogen-bond donors (Lipinski definition) is 1. The molecule has 2 aromatic rings. The highest BCUT2D eigenvalue weighted by Gasteiger charge is 2.20. The van der Waals surface area contributed by atoms with Gasteiger partial charge in [0.2, 0.25) is 17.8 Å². The van der Waals surface area contributed by atoms with Crippen LogP contribution in [0.25, 0.3) is 0 Å². The molecule has 9 heteroatoms. The monoisotopic (exact) mass is 430 g/mol. The van der Waals surface area contributed by atoms with Crippen LogP contribution in [0.4, 0.5) is 22.0 Å². The average molecular weight is 431 g/mol. The molecule has 1 N–H and O–H groups in total. The molecule has 2 aliphatic heterocycles. The normalized spacial score (nSPS) is 17.1. The van der Waals surface area contributed by atoms with Gasteiger partial charge in [0.1, 0.15) is 5.82 Å². The molecule has 0 saturated carbocycles. The second kappa shape index (κ2) is 10.1. The molecule has 7 nitrogen and oxygen atoms in total. The highest BCUT2D eigenvalue weighted by molar-refractivity contribution is 7.99. The van der Waals surface area contributed by atoms with Gasteiger partial charge in [-0.25, -0.2) is 4.39 Å². The van der Waals surface area contributed by atoms with Gasteiger partial charge in [-0.1, -0.05) is 11.8 Å². The number of rotatable bonds is 6. The summed E-state index contributed by atoms with van der Waals surface area (Å²) in [5.74, 6) is 1.10. The van der Waals surface area contributed by atoms with Gasteiger partial charge in [0.25, 0.3) is 0 Å². The number of hydrogen-bond acceptors (Lipinski definition) is 7. The zero-order valence-electron chi connectivity index (χ0n) is 17.0. The molecule has 0 atom stereocenters. The number of aromatic nitrogens is 3. The van der Waals surface area contributed by atoms with E-state index in [4.69, 9.17) is 4.98 Å². The Balaban J connectivity index is 1.46. The fourth-order valence-corrected chi connectivity index (χ4v) is 4.36. The van der Waals surface area contributed by atoms with E-state index in [1.54, 1.807) is 12.1 Å². The van der Waals surface area contributed by atoms with E-state index in [0.717, 1.165) is 51.9 Å².